The zero-order valence-electron chi connectivity index (χ0n) is 12.7. The Balaban J connectivity index is 2.42. The van der Waals surface area contributed by atoms with Crippen LogP contribution in [-0.4, -0.2) is 22.6 Å². The van der Waals surface area contributed by atoms with Gasteiger partial charge in [0, 0.05) is 12.1 Å². The third-order valence-electron chi connectivity index (χ3n) is 3.17. The highest BCUT2D eigenvalue weighted by molar-refractivity contribution is 7.92. The van der Waals surface area contributed by atoms with Crippen molar-refractivity contribution < 1.29 is 26.7 Å². The van der Waals surface area contributed by atoms with E-state index in [0.717, 1.165) is 18.2 Å². The lowest BCUT2D eigenvalue weighted by Crippen LogP contribution is -2.14. The molecule has 124 valence electrons. The van der Waals surface area contributed by atoms with Gasteiger partial charge in [-0.2, -0.15) is 0 Å². The van der Waals surface area contributed by atoms with Crippen LogP contribution in [0.15, 0.2) is 35.2 Å². The van der Waals surface area contributed by atoms with Crippen LogP contribution in [0.25, 0.3) is 0 Å². The summed E-state index contributed by atoms with van der Waals surface area (Å²) < 4.78 is 64.1. The van der Waals surface area contributed by atoms with E-state index in [1.807, 2.05) is 0 Å². The second kappa shape index (κ2) is 6.41. The van der Waals surface area contributed by atoms with E-state index < -0.39 is 21.7 Å². The van der Waals surface area contributed by atoms with Crippen molar-refractivity contribution in [2.24, 2.45) is 0 Å². The zero-order chi connectivity index (χ0) is 17.2. The Morgan fingerprint density at radius 3 is 2.13 bits per heavy atom. The number of methoxy groups -OCH3 is 2. The average molecular weight is 343 g/mol. The first kappa shape index (κ1) is 17.0. The van der Waals surface area contributed by atoms with Gasteiger partial charge in [0.25, 0.3) is 10.0 Å². The Hall–Kier alpha value is -2.35. The van der Waals surface area contributed by atoms with E-state index in [-0.39, 0.29) is 22.1 Å². The van der Waals surface area contributed by atoms with E-state index in [1.54, 1.807) is 0 Å². The molecule has 0 aliphatic heterocycles. The summed E-state index contributed by atoms with van der Waals surface area (Å²) in [7, 11) is -1.48. The van der Waals surface area contributed by atoms with Crippen LogP contribution in [0.4, 0.5) is 14.5 Å². The Morgan fingerprint density at radius 2 is 1.57 bits per heavy atom. The van der Waals surface area contributed by atoms with Gasteiger partial charge < -0.3 is 9.47 Å². The molecule has 0 radical (unpaired) electrons. The van der Waals surface area contributed by atoms with Gasteiger partial charge in [-0.25, -0.2) is 17.2 Å². The minimum Gasteiger partial charge on any atom is -0.493 e. The second-order valence-electron chi connectivity index (χ2n) is 4.70. The summed E-state index contributed by atoms with van der Waals surface area (Å²) in [5, 5.41) is 0. The lowest BCUT2D eigenvalue weighted by Gasteiger charge is -2.13. The van der Waals surface area contributed by atoms with Gasteiger partial charge in [-0.15, -0.1) is 0 Å². The largest absolute Gasteiger partial charge is 0.493 e. The highest BCUT2D eigenvalue weighted by Gasteiger charge is 2.19. The maximum absolute atomic E-state index is 14.0. The standard InChI is InChI=1S/C15H15F2NO4S/c1-9-4-5-10(6-11(9)16)23(19,20)18-13-8-15(22-3)14(21-2)7-12(13)17/h4-8,18H,1-3H3. The first-order valence-corrected chi connectivity index (χ1v) is 7.97. The Labute approximate surface area is 132 Å². The molecular formula is C15H15F2NO4S. The van der Waals surface area contributed by atoms with Crippen molar-refractivity contribution in [2.75, 3.05) is 18.9 Å². The summed E-state index contributed by atoms with van der Waals surface area (Å²) in [6, 6.07) is 5.58. The Kier molecular flexibility index (Phi) is 4.74. The van der Waals surface area contributed by atoms with Crippen LogP contribution in [0, 0.1) is 18.6 Å². The normalized spacial score (nSPS) is 11.2. The lowest BCUT2D eigenvalue weighted by atomic mass is 10.2. The molecule has 5 nitrogen and oxygen atoms in total. The molecule has 0 aromatic heterocycles. The van der Waals surface area contributed by atoms with E-state index in [4.69, 9.17) is 9.47 Å². The van der Waals surface area contributed by atoms with Gasteiger partial charge in [0.15, 0.2) is 17.3 Å². The molecule has 0 saturated carbocycles. The SMILES string of the molecule is COc1cc(F)c(NS(=O)(=O)c2ccc(C)c(F)c2)cc1OC. The summed E-state index contributed by atoms with van der Waals surface area (Å²) >= 11 is 0. The number of aryl methyl sites for hydroxylation is 1. The topological polar surface area (TPSA) is 64.6 Å². The summed E-state index contributed by atoms with van der Waals surface area (Å²) in [6.45, 7) is 1.51. The number of rotatable bonds is 5. The number of sulfonamides is 1. The van der Waals surface area contributed by atoms with Gasteiger partial charge in [0.05, 0.1) is 24.8 Å². The predicted molar refractivity (Wildman–Crippen MR) is 81.4 cm³/mol. The summed E-state index contributed by atoms with van der Waals surface area (Å²) in [5.74, 6) is -1.24. The molecule has 23 heavy (non-hydrogen) atoms. The fourth-order valence-corrected chi connectivity index (χ4v) is 2.95. The van der Waals surface area contributed by atoms with Gasteiger partial charge in [0.1, 0.15) is 5.82 Å². The van der Waals surface area contributed by atoms with E-state index in [1.165, 1.54) is 33.3 Å². The molecular weight excluding hydrogens is 328 g/mol. The van der Waals surface area contributed by atoms with Gasteiger partial charge in [0.2, 0.25) is 0 Å². The lowest BCUT2D eigenvalue weighted by molar-refractivity contribution is 0.353. The van der Waals surface area contributed by atoms with Gasteiger partial charge in [-0.05, 0) is 24.6 Å². The number of benzene rings is 2. The van der Waals surface area contributed by atoms with Crippen molar-refractivity contribution in [1.29, 1.82) is 0 Å². The molecule has 1 N–H and O–H groups in total. The number of anilines is 1. The van der Waals surface area contributed by atoms with Crippen LogP contribution >= 0.6 is 0 Å². The third-order valence-corrected chi connectivity index (χ3v) is 4.53. The first-order valence-electron chi connectivity index (χ1n) is 6.49. The van der Waals surface area contributed by atoms with Crippen molar-refractivity contribution >= 4 is 15.7 Å². The van der Waals surface area contributed by atoms with Gasteiger partial charge in [-0.3, -0.25) is 4.72 Å². The molecule has 0 heterocycles. The van der Waals surface area contributed by atoms with Crippen molar-refractivity contribution in [3.8, 4) is 11.5 Å². The van der Waals surface area contributed by atoms with E-state index in [0.29, 0.717) is 5.56 Å². The monoisotopic (exact) mass is 343 g/mol. The Morgan fingerprint density at radius 1 is 0.957 bits per heavy atom. The molecule has 8 heteroatoms. The van der Waals surface area contributed by atoms with Crippen LogP contribution in [0.2, 0.25) is 0 Å². The van der Waals surface area contributed by atoms with Crippen molar-refractivity contribution in [3.63, 3.8) is 0 Å². The highest BCUT2D eigenvalue weighted by Crippen LogP contribution is 2.33. The van der Waals surface area contributed by atoms with Crippen LogP contribution in [0.1, 0.15) is 5.56 Å². The minimum absolute atomic E-state index is 0.120. The number of halogens is 2. The smallest absolute Gasteiger partial charge is 0.262 e. The van der Waals surface area contributed by atoms with E-state index >= 15 is 0 Å². The quantitative estimate of drug-likeness (QED) is 0.906. The fraction of sp³-hybridized carbons (Fsp3) is 0.200. The maximum atomic E-state index is 14.0. The number of hydrogen-bond acceptors (Lipinski definition) is 4. The van der Waals surface area contributed by atoms with Crippen molar-refractivity contribution in [3.05, 3.63) is 47.5 Å². The molecule has 0 aliphatic rings. The summed E-state index contributed by atoms with van der Waals surface area (Å²) in [6.07, 6.45) is 0. The molecule has 0 fully saturated rings. The van der Waals surface area contributed by atoms with E-state index in [9.17, 15) is 17.2 Å². The molecule has 0 spiro atoms. The van der Waals surface area contributed by atoms with Crippen LogP contribution in [0.3, 0.4) is 0 Å². The van der Waals surface area contributed by atoms with Crippen LogP contribution in [0.5, 0.6) is 11.5 Å². The van der Waals surface area contributed by atoms with Crippen LogP contribution < -0.4 is 14.2 Å². The molecule has 0 atom stereocenters. The molecule has 0 bridgehead atoms. The summed E-state index contributed by atoms with van der Waals surface area (Å²) in [4.78, 5) is -0.310. The number of nitrogens with one attached hydrogen (secondary N) is 1. The summed E-state index contributed by atoms with van der Waals surface area (Å²) in [5.41, 5.74) is -0.0233. The third kappa shape index (κ3) is 3.53. The maximum Gasteiger partial charge on any atom is 0.262 e. The highest BCUT2D eigenvalue weighted by atomic mass is 32.2. The van der Waals surface area contributed by atoms with Crippen molar-refractivity contribution in [2.45, 2.75) is 11.8 Å². The molecule has 0 saturated heterocycles. The average Bonchev–Trinajstić information content (AvgIpc) is 2.51. The minimum atomic E-state index is -4.15. The molecule has 0 unspecified atom stereocenters. The molecule has 0 amide bonds. The van der Waals surface area contributed by atoms with Gasteiger partial charge >= 0.3 is 0 Å². The number of hydrogen-bond donors (Lipinski definition) is 1. The predicted octanol–water partition coefficient (Wildman–Crippen LogP) is 3.09. The van der Waals surface area contributed by atoms with Gasteiger partial charge in [-0.1, -0.05) is 6.07 Å². The molecule has 2 aromatic rings. The zero-order valence-corrected chi connectivity index (χ0v) is 13.5. The molecule has 2 aromatic carbocycles. The van der Waals surface area contributed by atoms with Crippen LogP contribution in [-0.2, 0) is 10.0 Å². The number of ether oxygens (including phenoxy) is 2. The second-order valence-corrected chi connectivity index (χ2v) is 6.39. The van der Waals surface area contributed by atoms with Crippen molar-refractivity contribution in [1.82, 2.24) is 0 Å². The first-order chi connectivity index (χ1) is 10.8. The fourth-order valence-electron chi connectivity index (χ4n) is 1.88. The Bertz CT molecular complexity index is 838. The molecule has 2 rings (SSSR count). The van der Waals surface area contributed by atoms with E-state index in [2.05, 4.69) is 4.72 Å². The molecule has 0 aliphatic carbocycles.